The highest BCUT2D eigenvalue weighted by Gasteiger charge is 2.30. The van der Waals surface area contributed by atoms with Crippen LogP contribution in [-0.2, 0) is 14.3 Å². The summed E-state index contributed by atoms with van der Waals surface area (Å²) in [6, 6.07) is 0. The van der Waals surface area contributed by atoms with E-state index in [1.807, 2.05) is 13.8 Å². The van der Waals surface area contributed by atoms with E-state index >= 15 is 0 Å². The third-order valence-corrected chi connectivity index (χ3v) is 4.56. The molecular weight excluding hydrogens is 258 g/mol. The van der Waals surface area contributed by atoms with Crippen molar-refractivity contribution < 1.29 is 19.4 Å². The molecule has 0 radical (unpaired) electrons. The maximum atomic E-state index is 12.0. The molecule has 0 aromatic carbocycles. The minimum Gasteiger partial charge on any atom is -0.481 e. The summed E-state index contributed by atoms with van der Waals surface area (Å²) in [5.74, 6) is -1.05. The quantitative estimate of drug-likeness (QED) is 0.749. The molecule has 1 aliphatic rings. The zero-order chi connectivity index (χ0) is 15.1. The van der Waals surface area contributed by atoms with E-state index in [9.17, 15) is 14.7 Å². The number of rotatable bonds is 7. The molecule has 0 aromatic rings. The van der Waals surface area contributed by atoms with Gasteiger partial charge in [-0.1, -0.05) is 27.2 Å². The normalized spacial score (nSPS) is 20.9. The second-order valence-electron chi connectivity index (χ2n) is 5.81. The van der Waals surface area contributed by atoms with E-state index < -0.39 is 11.9 Å². The first kappa shape index (κ1) is 17.0. The van der Waals surface area contributed by atoms with Gasteiger partial charge >= 0.3 is 5.97 Å². The molecule has 116 valence electrons. The van der Waals surface area contributed by atoms with Gasteiger partial charge in [0.15, 0.2) is 0 Å². The number of carbonyl (C=O) groups is 2. The Labute approximate surface area is 121 Å². The fourth-order valence-corrected chi connectivity index (χ4v) is 2.56. The first-order chi connectivity index (χ1) is 9.47. The number of ether oxygens (including phenoxy) is 1. The first-order valence-corrected chi connectivity index (χ1v) is 7.55. The van der Waals surface area contributed by atoms with Crippen LogP contribution in [0.4, 0.5) is 0 Å². The average Bonchev–Trinajstić information content (AvgIpc) is 2.46. The second kappa shape index (κ2) is 8.25. The number of carboxylic acids is 1. The largest absolute Gasteiger partial charge is 0.481 e. The molecule has 20 heavy (non-hydrogen) atoms. The Morgan fingerprint density at radius 1 is 1.30 bits per heavy atom. The Balaban J connectivity index is 2.50. The second-order valence-corrected chi connectivity index (χ2v) is 5.81. The highest BCUT2D eigenvalue weighted by atomic mass is 16.5. The lowest BCUT2D eigenvalue weighted by molar-refractivity contribution is -0.145. The van der Waals surface area contributed by atoms with Gasteiger partial charge in [-0.2, -0.15) is 0 Å². The fourth-order valence-electron chi connectivity index (χ4n) is 2.56. The van der Waals surface area contributed by atoms with Crippen molar-refractivity contribution in [3.63, 3.8) is 0 Å². The molecule has 0 bridgehead atoms. The smallest absolute Gasteiger partial charge is 0.308 e. The number of amides is 1. The molecule has 5 heteroatoms. The number of carboxylic acid groups (broad SMARTS) is 1. The first-order valence-electron chi connectivity index (χ1n) is 7.55. The highest BCUT2D eigenvalue weighted by molar-refractivity contribution is 5.79. The van der Waals surface area contributed by atoms with Gasteiger partial charge in [0.25, 0.3) is 0 Å². The SMILES string of the molecule is CCC(C)C(C)C(=O)NCC(C(=O)O)C1CCOCC1. The van der Waals surface area contributed by atoms with Gasteiger partial charge in [0.05, 0.1) is 5.92 Å². The summed E-state index contributed by atoms with van der Waals surface area (Å²) in [6.45, 7) is 7.44. The van der Waals surface area contributed by atoms with Gasteiger partial charge < -0.3 is 15.2 Å². The summed E-state index contributed by atoms with van der Waals surface area (Å²) in [7, 11) is 0. The van der Waals surface area contributed by atoms with Crippen LogP contribution in [0.15, 0.2) is 0 Å². The van der Waals surface area contributed by atoms with Crippen molar-refractivity contribution in [2.45, 2.75) is 40.0 Å². The summed E-state index contributed by atoms with van der Waals surface area (Å²) >= 11 is 0. The van der Waals surface area contributed by atoms with Gasteiger partial charge in [-0.25, -0.2) is 0 Å². The standard InChI is InChI=1S/C15H27NO4/c1-4-10(2)11(3)14(17)16-9-13(15(18)19)12-5-7-20-8-6-12/h10-13H,4-9H2,1-3H3,(H,16,17)(H,18,19). The third kappa shape index (κ3) is 4.78. The molecule has 1 amide bonds. The summed E-state index contributed by atoms with van der Waals surface area (Å²) in [5, 5.41) is 12.2. The summed E-state index contributed by atoms with van der Waals surface area (Å²) in [4.78, 5) is 23.4. The molecule has 1 aliphatic heterocycles. The van der Waals surface area contributed by atoms with Crippen LogP contribution in [-0.4, -0.2) is 36.7 Å². The van der Waals surface area contributed by atoms with E-state index in [1.54, 1.807) is 0 Å². The molecule has 1 heterocycles. The Morgan fingerprint density at radius 3 is 2.40 bits per heavy atom. The lowest BCUT2D eigenvalue weighted by atomic mass is 9.85. The summed E-state index contributed by atoms with van der Waals surface area (Å²) < 4.78 is 5.26. The zero-order valence-corrected chi connectivity index (χ0v) is 12.7. The van der Waals surface area contributed by atoms with Crippen molar-refractivity contribution in [3.05, 3.63) is 0 Å². The number of hydrogen-bond acceptors (Lipinski definition) is 3. The van der Waals surface area contributed by atoms with Gasteiger partial charge in [-0.15, -0.1) is 0 Å². The monoisotopic (exact) mass is 285 g/mol. The Hall–Kier alpha value is -1.10. The van der Waals surface area contributed by atoms with Crippen LogP contribution in [0.25, 0.3) is 0 Å². The molecule has 1 saturated heterocycles. The summed E-state index contributed by atoms with van der Waals surface area (Å²) in [6.07, 6.45) is 2.46. The molecule has 0 aromatic heterocycles. The maximum absolute atomic E-state index is 12.0. The molecule has 1 fully saturated rings. The Bertz CT molecular complexity index is 326. The molecule has 3 atom stereocenters. The van der Waals surface area contributed by atoms with Crippen LogP contribution in [0.2, 0.25) is 0 Å². The number of aliphatic carboxylic acids is 1. The van der Waals surface area contributed by atoms with Crippen molar-refractivity contribution in [3.8, 4) is 0 Å². The number of carbonyl (C=O) groups excluding carboxylic acids is 1. The molecule has 5 nitrogen and oxygen atoms in total. The highest BCUT2D eigenvalue weighted by Crippen LogP contribution is 2.24. The molecule has 0 aliphatic carbocycles. The van der Waals surface area contributed by atoms with E-state index in [0.29, 0.717) is 19.1 Å². The van der Waals surface area contributed by atoms with Crippen LogP contribution >= 0.6 is 0 Å². The van der Waals surface area contributed by atoms with E-state index in [2.05, 4.69) is 12.2 Å². The van der Waals surface area contributed by atoms with Gasteiger partial charge in [0.2, 0.25) is 5.91 Å². The van der Waals surface area contributed by atoms with E-state index in [4.69, 9.17) is 4.74 Å². The Morgan fingerprint density at radius 2 is 1.90 bits per heavy atom. The van der Waals surface area contributed by atoms with Crippen LogP contribution in [0.3, 0.4) is 0 Å². The van der Waals surface area contributed by atoms with Gasteiger partial charge in [-0.05, 0) is 24.7 Å². The predicted octanol–water partition coefficient (Wildman–Crippen LogP) is 1.91. The van der Waals surface area contributed by atoms with Crippen molar-refractivity contribution in [1.82, 2.24) is 5.32 Å². The van der Waals surface area contributed by atoms with Crippen LogP contribution in [0.1, 0.15) is 40.0 Å². The number of nitrogens with one attached hydrogen (secondary N) is 1. The number of hydrogen-bond donors (Lipinski definition) is 2. The lowest BCUT2D eigenvalue weighted by Crippen LogP contribution is -2.41. The Kier molecular flexibility index (Phi) is 6.99. The molecule has 2 N–H and O–H groups in total. The minimum atomic E-state index is -0.826. The van der Waals surface area contributed by atoms with E-state index in [-0.39, 0.29) is 24.3 Å². The van der Waals surface area contributed by atoms with Gasteiger partial charge in [-0.3, -0.25) is 9.59 Å². The molecule has 0 saturated carbocycles. The van der Waals surface area contributed by atoms with Gasteiger partial charge in [0.1, 0.15) is 0 Å². The fraction of sp³-hybridized carbons (Fsp3) is 0.867. The van der Waals surface area contributed by atoms with Crippen molar-refractivity contribution >= 4 is 11.9 Å². The molecule has 3 unspecified atom stereocenters. The molecule has 0 spiro atoms. The average molecular weight is 285 g/mol. The van der Waals surface area contributed by atoms with Crippen molar-refractivity contribution in [2.24, 2.45) is 23.7 Å². The van der Waals surface area contributed by atoms with E-state index in [0.717, 1.165) is 19.3 Å². The van der Waals surface area contributed by atoms with Crippen LogP contribution in [0, 0.1) is 23.7 Å². The third-order valence-electron chi connectivity index (χ3n) is 4.56. The zero-order valence-electron chi connectivity index (χ0n) is 12.7. The molecule has 1 rings (SSSR count). The maximum Gasteiger partial charge on any atom is 0.308 e. The van der Waals surface area contributed by atoms with Crippen LogP contribution in [0.5, 0.6) is 0 Å². The van der Waals surface area contributed by atoms with Crippen molar-refractivity contribution in [2.75, 3.05) is 19.8 Å². The summed E-state index contributed by atoms with van der Waals surface area (Å²) in [5.41, 5.74) is 0. The predicted molar refractivity (Wildman–Crippen MR) is 76.3 cm³/mol. The van der Waals surface area contributed by atoms with E-state index in [1.165, 1.54) is 0 Å². The lowest BCUT2D eigenvalue weighted by Gasteiger charge is -2.28. The van der Waals surface area contributed by atoms with Crippen molar-refractivity contribution in [1.29, 1.82) is 0 Å². The van der Waals surface area contributed by atoms with Crippen LogP contribution < -0.4 is 5.32 Å². The molecular formula is C15H27NO4. The minimum absolute atomic E-state index is 0.0438. The topological polar surface area (TPSA) is 75.6 Å². The van der Waals surface area contributed by atoms with Gasteiger partial charge in [0, 0.05) is 25.7 Å².